The van der Waals surface area contributed by atoms with Crippen LogP contribution >= 0.6 is 0 Å². The smallest absolute Gasteiger partial charge is 0.228 e. The summed E-state index contributed by atoms with van der Waals surface area (Å²) in [6.45, 7) is 2.95. The van der Waals surface area contributed by atoms with Crippen LogP contribution in [0.2, 0.25) is 0 Å². The number of benzene rings is 2. The molecule has 3 aromatic rings. The summed E-state index contributed by atoms with van der Waals surface area (Å²) in [5.41, 5.74) is 4.08. The van der Waals surface area contributed by atoms with Gasteiger partial charge in [0.05, 0.1) is 19.2 Å². The number of carbonyl (C=O) groups is 1. The Morgan fingerprint density at radius 3 is 2.64 bits per heavy atom. The highest BCUT2D eigenvalue weighted by Gasteiger charge is 2.17. The van der Waals surface area contributed by atoms with Crippen molar-refractivity contribution >= 4 is 11.6 Å². The number of nitrogens with one attached hydrogen (secondary N) is 2. The number of rotatable bonds is 5. The zero-order valence-electron chi connectivity index (χ0n) is 15.7. The molecule has 28 heavy (non-hydrogen) atoms. The Morgan fingerprint density at radius 1 is 1.14 bits per heavy atom. The number of methoxy groups -OCH3 is 1. The highest BCUT2D eigenvalue weighted by molar-refractivity contribution is 5.93. The minimum atomic E-state index is -0.129. The van der Waals surface area contributed by atoms with Crippen molar-refractivity contribution in [2.45, 2.75) is 13.3 Å². The van der Waals surface area contributed by atoms with Gasteiger partial charge in [-0.25, -0.2) is 0 Å². The number of aromatic amines is 1. The fourth-order valence-electron chi connectivity index (χ4n) is 3.14. The monoisotopic (exact) mass is 379 g/mol. The Morgan fingerprint density at radius 2 is 1.89 bits per heavy atom. The van der Waals surface area contributed by atoms with E-state index in [0.29, 0.717) is 30.4 Å². The van der Waals surface area contributed by atoms with E-state index in [9.17, 15) is 4.79 Å². The first kappa shape index (κ1) is 17.9. The number of anilines is 1. The van der Waals surface area contributed by atoms with Gasteiger partial charge in [-0.3, -0.25) is 9.89 Å². The summed E-state index contributed by atoms with van der Waals surface area (Å²) in [4.78, 5) is 12.6. The third-order valence-electron chi connectivity index (χ3n) is 4.60. The number of hydrogen-bond donors (Lipinski definition) is 2. The zero-order valence-corrected chi connectivity index (χ0v) is 15.7. The first-order valence-electron chi connectivity index (χ1n) is 9.02. The van der Waals surface area contributed by atoms with Crippen molar-refractivity contribution in [1.29, 1.82) is 0 Å². The summed E-state index contributed by atoms with van der Waals surface area (Å²) in [7, 11) is 1.63. The van der Waals surface area contributed by atoms with Gasteiger partial charge < -0.3 is 19.5 Å². The summed E-state index contributed by atoms with van der Waals surface area (Å²) in [5, 5.41) is 10.3. The number of aryl methyl sites for hydroxylation is 1. The Kier molecular flexibility index (Phi) is 4.89. The predicted molar refractivity (Wildman–Crippen MR) is 105 cm³/mol. The van der Waals surface area contributed by atoms with Gasteiger partial charge >= 0.3 is 0 Å². The zero-order chi connectivity index (χ0) is 19.5. The number of carbonyl (C=O) groups excluding carboxylic acids is 1. The second kappa shape index (κ2) is 7.64. The number of nitrogens with zero attached hydrogens (tertiary/aromatic N) is 1. The van der Waals surface area contributed by atoms with Crippen LogP contribution in [0.15, 0.2) is 42.5 Å². The summed E-state index contributed by atoms with van der Waals surface area (Å²) in [6, 6.07) is 13.0. The van der Waals surface area contributed by atoms with E-state index in [2.05, 4.69) is 15.5 Å². The highest BCUT2D eigenvalue weighted by atomic mass is 16.6. The molecule has 0 saturated carbocycles. The molecule has 1 aliphatic rings. The van der Waals surface area contributed by atoms with Gasteiger partial charge in [0.1, 0.15) is 19.0 Å². The number of ether oxygens (including phenoxy) is 3. The van der Waals surface area contributed by atoms with Crippen LogP contribution in [-0.4, -0.2) is 36.4 Å². The highest BCUT2D eigenvalue weighted by Crippen LogP contribution is 2.33. The van der Waals surface area contributed by atoms with Gasteiger partial charge in [-0.15, -0.1) is 0 Å². The fourth-order valence-corrected chi connectivity index (χ4v) is 3.14. The molecule has 4 rings (SSSR count). The van der Waals surface area contributed by atoms with Gasteiger partial charge in [0.2, 0.25) is 5.91 Å². The molecule has 2 heterocycles. The Hall–Kier alpha value is -3.48. The van der Waals surface area contributed by atoms with E-state index >= 15 is 0 Å². The average molecular weight is 379 g/mol. The number of amides is 1. The number of H-pyrrole nitrogens is 1. The molecule has 0 unspecified atom stereocenters. The summed E-state index contributed by atoms with van der Waals surface area (Å²) in [5.74, 6) is 1.98. The van der Waals surface area contributed by atoms with Crippen LogP contribution in [0.5, 0.6) is 17.2 Å². The molecule has 2 aromatic carbocycles. The second-order valence-corrected chi connectivity index (χ2v) is 6.49. The van der Waals surface area contributed by atoms with E-state index in [1.54, 1.807) is 25.3 Å². The van der Waals surface area contributed by atoms with E-state index in [1.165, 1.54) is 0 Å². The molecule has 0 atom stereocenters. The third kappa shape index (κ3) is 3.64. The largest absolute Gasteiger partial charge is 0.497 e. The van der Waals surface area contributed by atoms with Crippen molar-refractivity contribution in [2.24, 2.45) is 0 Å². The van der Waals surface area contributed by atoms with Crippen LogP contribution in [0, 0.1) is 6.92 Å². The molecule has 2 N–H and O–H groups in total. The molecule has 1 aromatic heterocycles. The van der Waals surface area contributed by atoms with E-state index < -0.39 is 0 Å². The SMILES string of the molecule is COc1ccc(-c2n[nH]c(C)c2CC(=O)Nc2ccc3c(c2)OCCO3)cc1. The molecule has 0 saturated heterocycles. The molecule has 1 amide bonds. The van der Waals surface area contributed by atoms with Crippen LogP contribution in [0.1, 0.15) is 11.3 Å². The third-order valence-corrected chi connectivity index (χ3v) is 4.60. The molecule has 144 valence electrons. The van der Waals surface area contributed by atoms with E-state index in [1.807, 2.05) is 31.2 Å². The van der Waals surface area contributed by atoms with Crippen LogP contribution in [-0.2, 0) is 11.2 Å². The maximum Gasteiger partial charge on any atom is 0.228 e. The number of hydrogen-bond acceptors (Lipinski definition) is 5. The summed E-state index contributed by atoms with van der Waals surface area (Å²) >= 11 is 0. The van der Waals surface area contributed by atoms with Gasteiger partial charge in [-0.2, -0.15) is 5.10 Å². The minimum Gasteiger partial charge on any atom is -0.497 e. The normalized spacial score (nSPS) is 12.5. The molecule has 0 fully saturated rings. The molecule has 0 aliphatic carbocycles. The van der Waals surface area contributed by atoms with Crippen LogP contribution in [0.3, 0.4) is 0 Å². The molecule has 1 aliphatic heterocycles. The van der Waals surface area contributed by atoms with E-state index in [-0.39, 0.29) is 12.3 Å². The lowest BCUT2D eigenvalue weighted by atomic mass is 10.0. The van der Waals surface area contributed by atoms with Gasteiger partial charge in [0.15, 0.2) is 11.5 Å². The lowest BCUT2D eigenvalue weighted by Crippen LogP contribution is -2.17. The average Bonchev–Trinajstić information content (AvgIpc) is 3.08. The standard InChI is InChI=1S/C21H21N3O4/c1-13-17(21(24-23-13)14-3-6-16(26-2)7-4-14)12-20(25)22-15-5-8-18-19(11-15)28-10-9-27-18/h3-8,11H,9-10,12H2,1-2H3,(H,22,25)(H,23,24). The molecule has 0 radical (unpaired) electrons. The van der Waals surface area contributed by atoms with Crippen molar-refractivity contribution < 1.29 is 19.0 Å². The Balaban J connectivity index is 1.51. The minimum absolute atomic E-state index is 0.129. The molecule has 7 nitrogen and oxygen atoms in total. The topological polar surface area (TPSA) is 85.5 Å². The van der Waals surface area contributed by atoms with Crippen LogP contribution in [0.25, 0.3) is 11.3 Å². The lowest BCUT2D eigenvalue weighted by molar-refractivity contribution is -0.115. The van der Waals surface area contributed by atoms with E-state index in [4.69, 9.17) is 14.2 Å². The van der Waals surface area contributed by atoms with Crippen LogP contribution in [0.4, 0.5) is 5.69 Å². The van der Waals surface area contributed by atoms with Crippen molar-refractivity contribution in [3.63, 3.8) is 0 Å². The summed E-state index contributed by atoms with van der Waals surface area (Å²) < 4.78 is 16.3. The molecule has 7 heteroatoms. The molecule has 0 spiro atoms. The second-order valence-electron chi connectivity index (χ2n) is 6.49. The van der Waals surface area contributed by atoms with Gasteiger partial charge in [-0.1, -0.05) is 0 Å². The van der Waals surface area contributed by atoms with Crippen molar-refractivity contribution in [3.8, 4) is 28.5 Å². The Labute approximate surface area is 162 Å². The van der Waals surface area contributed by atoms with Gasteiger partial charge in [0, 0.05) is 28.6 Å². The first-order valence-corrected chi connectivity index (χ1v) is 9.02. The fraction of sp³-hybridized carbons (Fsp3) is 0.238. The van der Waals surface area contributed by atoms with Crippen molar-refractivity contribution in [2.75, 3.05) is 25.6 Å². The van der Waals surface area contributed by atoms with Gasteiger partial charge in [-0.05, 0) is 43.3 Å². The van der Waals surface area contributed by atoms with Crippen molar-refractivity contribution in [1.82, 2.24) is 10.2 Å². The number of fused-ring (bicyclic) bond motifs is 1. The summed E-state index contributed by atoms with van der Waals surface area (Å²) in [6.07, 6.45) is 0.206. The van der Waals surface area contributed by atoms with Gasteiger partial charge in [0.25, 0.3) is 0 Å². The predicted octanol–water partition coefficient (Wildman–Crippen LogP) is 3.35. The van der Waals surface area contributed by atoms with Crippen molar-refractivity contribution in [3.05, 3.63) is 53.7 Å². The maximum absolute atomic E-state index is 12.6. The molecular weight excluding hydrogens is 358 g/mol. The number of aromatic nitrogens is 2. The Bertz CT molecular complexity index is 995. The maximum atomic E-state index is 12.6. The molecule has 0 bridgehead atoms. The lowest BCUT2D eigenvalue weighted by Gasteiger charge is -2.19. The molecular formula is C21H21N3O4. The van der Waals surface area contributed by atoms with E-state index in [0.717, 1.165) is 28.3 Å². The van der Waals surface area contributed by atoms with Crippen LogP contribution < -0.4 is 19.5 Å². The quantitative estimate of drug-likeness (QED) is 0.710. The first-order chi connectivity index (χ1) is 13.6.